The minimum atomic E-state index is -0.934. The largest absolute Gasteiger partial charge is 0.491 e. The van der Waals surface area contributed by atoms with Gasteiger partial charge in [0.1, 0.15) is 11.6 Å². The number of aromatic nitrogens is 2. The Kier molecular flexibility index (Phi) is 7.03. The van der Waals surface area contributed by atoms with Crippen molar-refractivity contribution in [3.05, 3.63) is 78.0 Å². The van der Waals surface area contributed by atoms with Gasteiger partial charge in [-0.3, -0.25) is 4.98 Å². The Morgan fingerprint density at radius 3 is 2.44 bits per heavy atom. The summed E-state index contributed by atoms with van der Waals surface area (Å²) in [7, 11) is 1.48. The molecule has 4 rings (SSSR count). The fourth-order valence-electron chi connectivity index (χ4n) is 3.25. The molecule has 0 saturated carbocycles. The molecular weight excluding hydrogens is 444 g/mol. The van der Waals surface area contributed by atoms with E-state index in [0.717, 1.165) is 17.7 Å². The Hall–Kier alpha value is -3.98. The second-order valence-corrected chi connectivity index (χ2v) is 7.52. The van der Waals surface area contributed by atoms with Gasteiger partial charge in [0.25, 0.3) is 5.88 Å². The summed E-state index contributed by atoms with van der Waals surface area (Å²) < 4.78 is 51.1. The summed E-state index contributed by atoms with van der Waals surface area (Å²) in [6.07, 6.45) is 1.07. The van der Waals surface area contributed by atoms with Crippen LogP contribution < -0.4 is 19.9 Å². The molecule has 0 saturated heterocycles. The standard InChI is InChI=1S/C25H23F2N3O4/c1-15(13-32-14-16-6-4-3-5-7-16)33-25-22(31-2)12-20-23(30-25)21(8-9-29-20)34-24-18(26)10-17(28)11-19(24)27/h3-12,15H,13-14,28H2,1-2H3. The van der Waals surface area contributed by atoms with E-state index >= 15 is 0 Å². The van der Waals surface area contributed by atoms with E-state index in [1.807, 2.05) is 37.3 Å². The maximum Gasteiger partial charge on any atom is 0.258 e. The molecule has 34 heavy (non-hydrogen) atoms. The van der Waals surface area contributed by atoms with Crippen molar-refractivity contribution in [3.63, 3.8) is 0 Å². The van der Waals surface area contributed by atoms with E-state index in [2.05, 4.69) is 9.97 Å². The number of anilines is 1. The molecular formula is C25H23F2N3O4. The molecule has 0 aliphatic heterocycles. The second-order valence-electron chi connectivity index (χ2n) is 7.52. The van der Waals surface area contributed by atoms with Crippen molar-refractivity contribution in [1.82, 2.24) is 9.97 Å². The number of fused-ring (bicyclic) bond motifs is 1. The van der Waals surface area contributed by atoms with Crippen molar-refractivity contribution in [3.8, 4) is 23.1 Å². The third-order valence-electron chi connectivity index (χ3n) is 4.84. The lowest BCUT2D eigenvalue weighted by Gasteiger charge is -2.17. The van der Waals surface area contributed by atoms with Gasteiger partial charge in [0.15, 0.2) is 28.9 Å². The molecule has 0 aliphatic carbocycles. The van der Waals surface area contributed by atoms with Crippen LogP contribution in [0.15, 0.2) is 60.8 Å². The summed E-state index contributed by atoms with van der Waals surface area (Å²) in [6, 6.07) is 14.8. The van der Waals surface area contributed by atoms with Gasteiger partial charge in [-0.25, -0.2) is 13.8 Å². The van der Waals surface area contributed by atoms with Gasteiger partial charge in [0, 0.05) is 36.1 Å². The first-order chi connectivity index (χ1) is 16.4. The van der Waals surface area contributed by atoms with Crippen molar-refractivity contribution in [2.45, 2.75) is 19.6 Å². The monoisotopic (exact) mass is 467 g/mol. The van der Waals surface area contributed by atoms with Crippen LogP contribution in [0.1, 0.15) is 12.5 Å². The van der Waals surface area contributed by atoms with Gasteiger partial charge in [0.2, 0.25) is 0 Å². The van der Waals surface area contributed by atoms with Gasteiger partial charge in [0.05, 0.1) is 25.8 Å². The van der Waals surface area contributed by atoms with Crippen LogP contribution in [0.3, 0.4) is 0 Å². The van der Waals surface area contributed by atoms with Crippen molar-refractivity contribution >= 4 is 16.7 Å². The summed E-state index contributed by atoms with van der Waals surface area (Å²) in [4.78, 5) is 8.71. The first-order valence-electron chi connectivity index (χ1n) is 10.5. The molecule has 0 spiro atoms. The van der Waals surface area contributed by atoms with Crippen LogP contribution in [0, 0.1) is 11.6 Å². The number of rotatable bonds is 9. The van der Waals surface area contributed by atoms with Gasteiger partial charge < -0.3 is 24.7 Å². The first-order valence-corrected chi connectivity index (χ1v) is 10.5. The van der Waals surface area contributed by atoms with Gasteiger partial charge in [-0.2, -0.15) is 0 Å². The van der Waals surface area contributed by atoms with Crippen LogP contribution >= 0.6 is 0 Å². The minimum Gasteiger partial charge on any atom is -0.491 e. The third kappa shape index (κ3) is 5.32. The molecule has 2 heterocycles. The Morgan fingerprint density at radius 2 is 1.74 bits per heavy atom. The number of hydrogen-bond acceptors (Lipinski definition) is 7. The molecule has 176 valence electrons. The van der Waals surface area contributed by atoms with Gasteiger partial charge in [-0.1, -0.05) is 30.3 Å². The summed E-state index contributed by atoms with van der Waals surface area (Å²) in [5, 5.41) is 0. The Balaban J connectivity index is 1.56. The van der Waals surface area contributed by atoms with Crippen LogP contribution in [-0.2, 0) is 11.3 Å². The first kappa shape index (κ1) is 23.2. The van der Waals surface area contributed by atoms with Crippen LogP contribution in [0.2, 0.25) is 0 Å². The highest BCUT2D eigenvalue weighted by Crippen LogP contribution is 2.36. The SMILES string of the molecule is COc1cc2nccc(Oc3c(F)cc(N)cc3F)c2nc1OC(C)COCc1ccccc1. The average molecular weight is 467 g/mol. The quantitative estimate of drug-likeness (QED) is 0.335. The second kappa shape index (κ2) is 10.3. The molecule has 2 N–H and O–H groups in total. The van der Waals surface area contributed by atoms with E-state index < -0.39 is 17.4 Å². The Morgan fingerprint density at radius 1 is 1.00 bits per heavy atom. The number of nitrogen functional groups attached to an aromatic ring is 1. The van der Waals surface area contributed by atoms with Crippen molar-refractivity contribution in [1.29, 1.82) is 0 Å². The fraction of sp³-hybridized carbons (Fsp3) is 0.200. The Labute approximate surface area is 195 Å². The zero-order valence-electron chi connectivity index (χ0n) is 18.6. The number of ether oxygens (including phenoxy) is 4. The van der Waals surface area contributed by atoms with Crippen molar-refractivity contribution < 1.29 is 27.7 Å². The Bertz CT molecular complexity index is 1270. The highest BCUT2D eigenvalue weighted by Gasteiger charge is 2.19. The maximum atomic E-state index is 14.3. The molecule has 0 aliphatic rings. The van der Waals surface area contributed by atoms with E-state index in [1.165, 1.54) is 19.4 Å². The summed E-state index contributed by atoms with van der Waals surface area (Å²) in [6.45, 7) is 2.57. The normalized spacial score (nSPS) is 11.9. The molecule has 0 radical (unpaired) electrons. The van der Waals surface area contributed by atoms with Gasteiger partial charge in [-0.05, 0) is 12.5 Å². The predicted octanol–water partition coefficient (Wildman–Crippen LogP) is 5.28. The molecule has 4 aromatic rings. The molecule has 0 fully saturated rings. The predicted molar refractivity (Wildman–Crippen MR) is 123 cm³/mol. The number of nitrogens with zero attached hydrogens (tertiary/aromatic N) is 2. The molecule has 7 nitrogen and oxygen atoms in total. The van der Waals surface area contributed by atoms with Crippen molar-refractivity contribution in [2.75, 3.05) is 19.5 Å². The maximum absolute atomic E-state index is 14.3. The summed E-state index contributed by atoms with van der Waals surface area (Å²) in [5.41, 5.74) is 7.11. The van der Waals surface area contributed by atoms with Crippen LogP contribution in [0.5, 0.6) is 23.1 Å². The lowest BCUT2D eigenvalue weighted by Crippen LogP contribution is -2.20. The molecule has 0 amide bonds. The van der Waals surface area contributed by atoms with Crippen LogP contribution in [0.4, 0.5) is 14.5 Å². The number of hydrogen-bond donors (Lipinski definition) is 1. The molecule has 2 aromatic heterocycles. The average Bonchev–Trinajstić information content (AvgIpc) is 2.81. The third-order valence-corrected chi connectivity index (χ3v) is 4.84. The zero-order valence-corrected chi connectivity index (χ0v) is 18.6. The highest BCUT2D eigenvalue weighted by atomic mass is 19.1. The summed E-state index contributed by atoms with van der Waals surface area (Å²) in [5.74, 6) is -1.86. The number of halogens is 2. The molecule has 1 atom stereocenters. The van der Waals surface area contributed by atoms with Gasteiger partial charge in [-0.15, -0.1) is 0 Å². The molecule has 9 heteroatoms. The van der Waals surface area contributed by atoms with E-state index in [1.54, 1.807) is 6.07 Å². The lowest BCUT2D eigenvalue weighted by molar-refractivity contribution is 0.0461. The van der Waals surface area contributed by atoms with E-state index in [-0.39, 0.29) is 28.9 Å². The van der Waals surface area contributed by atoms with Crippen LogP contribution in [-0.4, -0.2) is 29.8 Å². The molecule has 0 bridgehead atoms. The number of benzene rings is 2. The highest BCUT2D eigenvalue weighted by molar-refractivity contribution is 5.83. The van der Waals surface area contributed by atoms with Crippen molar-refractivity contribution in [2.24, 2.45) is 0 Å². The fourth-order valence-corrected chi connectivity index (χ4v) is 3.25. The molecule has 1 unspecified atom stereocenters. The van der Waals surface area contributed by atoms with E-state index in [9.17, 15) is 8.78 Å². The number of nitrogens with two attached hydrogens (primary N) is 1. The number of methoxy groups -OCH3 is 1. The topological polar surface area (TPSA) is 88.7 Å². The van der Waals surface area contributed by atoms with E-state index in [4.69, 9.17) is 24.7 Å². The number of pyridine rings is 2. The van der Waals surface area contributed by atoms with Gasteiger partial charge >= 0.3 is 0 Å². The molecule has 2 aromatic carbocycles. The zero-order chi connectivity index (χ0) is 24.1. The summed E-state index contributed by atoms with van der Waals surface area (Å²) >= 11 is 0. The smallest absolute Gasteiger partial charge is 0.258 e. The van der Waals surface area contributed by atoms with E-state index in [0.29, 0.717) is 24.5 Å². The van der Waals surface area contributed by atoms with Crippen LogP contribution in [0.25, 0.3) is 11.0 Å². The minimum absolute atomic E-state index is 0.0519. The lowest BCUT2D eigenvalue weighted by atomic mass is 10.2.